The number of para-hydroxylation sites is 1. The molecule has 1 aromatic heterocycles. The molecule has 0 amide bonds. The normalized spacial score (nSPS) is 10.5. The summed E-state index contributed by atoms with van der Waals surface area (Å²) < 4.78 is 9.06. The van der Waals surface area contributed by atoms with Crippen molar-refractivity contribution in [3.05, 3.63) is 57.5 Å². The van der Waals surface area contributed by atoms with E-state index in [1.54, 1.807) is 0 Å². The number of halogens is 2. The van der Waals surface area contributed by atoms with Gasteiger partial charge in [0, 0.05) is 4.47 Å². The number of benzene rings is 2. The minimum absolute atomic E-state index is 0.305. The molecule has 5 nitrogen and oxygen atoms in total. The topological polar surface area (TPSA) is 52.8 Å². The second-order valence-electron chi connectivity index (χ2n) is 3.89. The lowest BCUT2D eigenvalue weighted by Gasteiger charge is -2.07. The smallest absolute Gasteiger partial charge is 0.345 e. The summed E-state index contributed by atoms with van der Waals surface area (Å²) >= 11 is 6.84. The van der Waals surface area contributed by atoms with Gasteiger partial charge < -0.3 is 4.74 Å². The second-order valence-corrected chi connectivity index (χ2v) is 5.66. The van der Waals surface area contributed by atoms with Gasteiger partial charge in [-0.2, -0.15) is 4.68 Å². The molecule has 3 aromatic rings. The van der Waals surface area contributed by atoms with Gasteiger partial charge in [-0.1, -0.05) is 39.2 Å². The highest BCUT2D eigenvalue weighted by molar-refractivity contribution is 9.11. The average molecular weight is 396 g/mol. The molecule has 7 heteroatoms. The van der Waals surface area contributed by atoms with Crippen molar-refractivity contribution in [3.8, 4) is 17.4 Å². The summed E-state index contributed by atoms with van der Waals surface area (Å²) in [5.41, 5.74) is 0.834. The Hall–Kier alpha value is -1.73. The summed E-state index contributed by atoms with van der Waals surface area (Å²) in [7, 11) is 0. The summed E-state index contributed by atoms with van der Waals surface area (Å²) in [4.78, 5) is 0. The van der Waals surface area contributed by atoms with Crippen molar-refractivity contribution in [2.75, 3.05) is 0 Å². The molecule has 2 aromatic carbocycles. The average Bonchev–Trinajstić information content (AvgIpc) is 2.91. The second kappa shape index (κ2) is 5.72. The summed E-state index contributed by atoms with van der Waals surface area (Å²) in [5, 5.41) is 11.5. The highest BCUT2D eigenvalue weighted by Crippen LogP contribution is 2.31. The van der Waals surface area contributed by atoms with Crippen LogP contribution in [0.15, 0.2) is 57.5 Å². The quantitative estimate of drug-likeness (QED) is 0.673. The first kappa shape index (κ1) is 13.3. The molecular formula is C13H8Br2N4O. The Balaban J connectivity index is 1.95. The maximum Gasteiger partial charge on any atom is 0.345 e. The van der Waals surface area contributed by atoms with E-state index in [0.29, 0.717) is 11.8 Å². The predicted molar refractivity (Wildman–Crippen MR) is 81.1 cm³/mol. The maximum atomic E-state index is 5.75. The van der Waals surface area contributed by atoms with Gasteiger partial charge in [0.15, 0.2) is 0 Å². The van der Waals surface area contributed by atoms with Crippen molar-refractivity contribution in [2.24, 2.45) is 0 Å². The molecule has 0 aliphatic heterocycles. The number of hydrogen-bond acceptors (Lipinski definition) is 4. The van der Waals surface area contributed by atoms with Crippen molar-refractivity contribution in [1.82, 2.24) is 20.2 Å². The van der Waals surface area contributed by atoms with Crippen LogP contribution in [-0.2, 0) is 0 Å². The summed E-state index contributed by atoms with van der Waals surface area (Å²) in [6, 6.07) is 15.5. The molecule has 0 bridgehead atoms. The first-order valence-corrected chi connectivity index (χ1v) is 7.29. The van der Waals surface area contributed by atoms with Crippen LogP contribution in [0.2, 0.25) is 0 Å². The first-order valence-electron chi connectivity index (χ1n) is 5.71. The molecule has 0 saturated carbocycles. The lowest BCUT2D eigenvalue weighted by Crippen LogP contribution is -2.00. The molecule has 0 aliphatic carbocycles. The predicted octanol–water partition coefficient (Wildman–Crippen LogP) is 3.98. The fourth-order valence-electron chi connectivity index (χ4n) is 1.63. The van der Waals surface area contributed by atoms with Crippen molar-refractivity contribution in [1.29, 1.82) is 0 Å². The van der Waals surface area contributed by atoms with Crippen molar-refractivity contribution >= 4 is 31.9 Å². The van der Waals surface area contributed by atoms with E-state index in [9.17, 15) is 0 Å². The number of aromatic nitrogens is 4. The third-order valence-electron chi connectivity index (χ3n) is 2.54. The Labute approximate surface area is 131 Å². The Morgan fingerprint density at radius 2 is 1.80 bits per heavy atom. The van der Waals surface area contributed by atoms with Crippen LogP contribution >= 0.6 is 31.9 Å². The van der Waals surface area contributed by atoms with E-state index in [1.165, 1.54) is 4.68 Å². The first-order chi connectivity index (χ1) is 9.74. The molecule has 3 rings (SSSR count). The zero-order chi connectivity index (χ0) is 13.9. The van der Waals surface area contributed by atoms with Crippen LogP contribution in [0.3, 0.4) is 0 Å². The number of hydrogen-bond donors (Lipinski definition) is 0. The lowest BCUT2D eigenvalue weighted by atomic mass is 10.3. The highest BCUT2D eigenvalue weighted by atomic mass is 79.9. The molecule has 0 radical (unpaired) electrons. The van der Waals surface area contributed by atoms with E-state index in [0.717, 1.165) is 14.6 Å². The van der Waals surface area contributed by atoms with Crippen LogP contribution in [0.1, 0.15) is 0 Å². The van der Waals surface area contributed by atoms with E-state index < -0.39 is 0 Å². The SMILES string of the molecule is Brc1ccc(Oc2nnnn2-c2ccccc2)c(Br)c1. The maximum absolute atomic E-state index is 5.75. The highest BCUT2D eigenvalue weighted by Gasteiger charge is 2.12. The van der Waals surface area contributed by atoms with Gasteiger partial charge in [0.2, 0.25) is 0 Å². The van der Waals surface area contributed by atoms with Gasteiger partial charge in [-0.05, 0) is 56.7 Å². The molecular weight excluding hydrogens is 388 g/mol. The van der Waals surface area contributed by atoms with Gasteiger partial charge in [0.05, 0.1) is 10.2 Å². The molecule has 20 heavy (non-hydrogen) atoms. The van der Waals surface area contributed by atoms with Gasteiger partial charge >= 0.3 is 6.01 Å². The van der Waals surface area contributed by atoms with Crippen molar-refractivity contribution in [2.45, 2.75) is 0 Å². The van der Waals surface area contributed by atoms with Crippen LogP contribution in [0.5, 0.6) is 11.8 Å². The molecule has 0 saturated heterocycles. The fraction of sp³-hybridized carbons (Fsp3) is 0. The number of ether oxygens (including phenoxy) is 1. The zero-order valence-corrected chi connectivity index (χ0v) is 13.2. The Kier molecular flexibility index (Phi) is 3.79. The molecule has 0 spiro atoms. The molecule has 0 aliphatic rings. The van der Waals surface area contributed by atoms with Gasteiger partial charge in [-0.15, -0.1) is 0 Å². The van der Waals surface area contributed by atoms with Gasteiger partial charge in [-0.3, -0.25) is 0 Å². The summed E-state index contributed by atoms with van der Waals surface area (Å²) in [5.74, 6) is 0.639. The van der Waals surface area contributed by atoms with Crippen LogP contribution in [-0.4, -0.2) is 20.2 Å². The third kappa shape index (κ3) is 2.73. The summed E-state index contributed by atoms with van der Waals surface area (Å²) in [6.07, 6.45) is 0. The molecule has 0 fully saturated rings. The minimum Gasteiger partial charge on any atom is -0.422 e. The van der Waals surface area contributed by atoms with Crippen LogP contribution in [0.4, 0.5) is 0 Å². The van der Waals surface area contributed by atoms with Crippen LogP contribution < -0.4 is 4.74 Å². The molecule has 0 N–H and O–H groups in total. The van der Waals surface area contributed by atoms with Crippen LogP contribution in [0, 0.1) is 0 Å². The number of nitrogens with zero attached hydrogens (tertiary/aromatic N) is 4. The third-order valence-corrected chi connectivity index (χ3v) is 3.65. The van der Waals surface area contributed by atoms with E-state index >= 15 is 0 Å². The fourth-order valence-corrected chi connectivity index (χ4v) is 2.76. The largest absolute Gasteiger partial charge is 0.422 e. The molecule has 100 valence electrons. The minimum atomic E-state index is 0.305. The van der Waals surface area contributed by atoms with Crippen LogP contribution in [0.25, 0.3) is 5.69 Å². The van der Waals surface area contributed by atoms with Crippen molar-refractivity contribution in [3.63, 3.8) is 0 Å². The standard InChI is InChI=1S/C13H8Br2N4O/c14-9-6-7-12(11(15)8-9)20-13-16-17-18-19(13)10-4-2-1-3-5-10/h1-8H. The monoisotopic (exact) mass is 394 g/mol. The van der Waals surface area contributed by atoms with Gasteiger partial charge in [-0.25, -0.2) is 0 Å². The zero-order valence-electron chi connectivity index (χ0n) is 10.1. The number of rotatable bonds is 3. The van der Waals surface area contributed by atoms with Gasteiger partial charge in [0.1, 0.15) is 5.75 Å². The Morgan fingerprint density at radius 3 is 2.55 bits per heavy atom. The lowest BCUT2D eigenvalue weighted by molar-refractivity contribution is 0.425. The number of tetrazole rings is 1. The summed E-state index contributed by atoms with van der Waals surface area (Å²) in [6.45, 7) is 0. The van der Waals surface area contributed by atoms with E-state index in [2.05, 4.69) is 47.4 Å². The molecule has 1 heterocycles. The molecule has 0 unspecified atom stereocenters. The molecule has 0 atom stereocenters. The Bertz CT molecular complexity index is 730. The Morgan fingerprint density at radius 1 is 1.00 bits per heavy atom. The van der Waals surface area contributed by atoms with E-state index in [4.69, 9.17) is 4.74 Å². The van der Waals surface area contributed by atoms with Crippen molar-refractivity contribution < 1.29 is 4.74 Å². The van der Waals surface area contributed by atoms with E-state index in [-0.39, 0.29) is 0 Å². The van der Waals surface area contributed by atoms with E-state index in [1.807, 2.05) is 48.5 Å². The van der Waals surface area contributed by atoms with Gasteiger partial charge in [0.25, 0.3) is 0 Å².